The summed E-state index contributed by atoms with van der Waals surface area (Å²) in [6, 6.07) is 3.69. The highest BCUT2D eigenvalue weighted by atomic mass is 32.1. The number of carbonyl (C=O) groups excluding carboxylic acids is 1. The summed E-state index contributed by atoms with van der Waals surface area (Å²) in [4.78, 5) is 13.8. The highest BCUT2D eigenvalue weighted by molar-refractivity contribution is 7.14. The minimum Gasteiger partial charge on any atom is -0.395 e. The van der Waals surface area contributed by atoms with E-state index >= 15 is 0 Å². The molecular weight excluding hydrogens is 282 g/mol. The van der Waals surface area contributed by atoms with Gasteiger partial charge in [-0.15, -0.1) is 11.3 Å². The smallest absolute Gasteiger partial charge is 0.261 e. The summed E-state index contributed by atoms with van der Waals surface area (Å²) in [5.74, 6) is 5.84. The van der Waals surface area contributed by atoms with Gasteiger partial charge in [0.05, 0.1) is 16.4 Å². The molecule has 21 heavy (non-hydrogen) atoms. The Labute approximate surface area is 130 Å². The first-order chi connectivity index (χ1) is 10.1. The van der Waals surface area contributed by atoms with Crippen LogP contribution in [0.15, 0.2) is 12.1 Å². The van der Waals surface area contributed by atoms with Crippen LogP contribution in [0.5, 0.6) is 0 Å². The molecule has 1 aromatic rings. The monoisotopic (exact) mass is 305 g/mol. The fourth-order valence-electron chi connectivity index (χ4n) is 2.70. The lowest BCUT2D eigenvalue weighted by Crippen LogP contribution is -2.36. The van der Waals surface area contributed by atoms with Gasteiger partial charge in [0, 0.05) is 13.0 Å². The third-order valence-corrected chi connectivity index (χ3v) is 5.01. The molecule has 1 fully saturated rings. The van der Waals surface area contributed by atoms with Crippen LogP contribution in [0.1, 0.15) is 60.0 Å². The fraction of sp³-hybridized carbons (Fsp3) is 0.588. The Balaban J connectivity index is 1.87. The summed E-state index contributed by atoms with van der Waals surface area (Å²) in [5.41, 5.74) is 0.259. The quantitative estimate of drug-likeness (QED) is 0.839. The number of aliphatic hydroxyl groups excluding tert-OH is 1. The van der Waals surface area contributed by atoms with Gasteiger partial charge in [0.1, 0.15) is 0 Å². The van der Waals surface area contributed by atoms with Crippen LogP contribution in [-0.4, -0.2) is 24.2 Å². The van der Waals surface area contributed by atoms with Gasteiger partial charge in [-0.2, -0.15) is 0 Å². The van der Waals surface area contributed by atoms with Gasteiger partial charge in [-0.05, 0) is 30.4 Å². The van der Waals surface area contributed by atoms with Crippen molar-refractivity contribution in [3.8, 4) is 11.8 Å². The van der Waals surface area contributed by atoms with Gasteiger partial charge in [0.2, 0.25) is 0 Å². The lowest BCUT2D eigenvalue weighted by molar-refractivity contribution is 0.0923. The summed E-state index contributed by atoms with van der Waals surface area (Å²) < 4.78 is 0. The normalized spacial score (nSPS) is 16.9. The number of amides is 1. The topological polar surface area (TPSA) is 49.3 Å². The highest BCUT2D eigenvalue weighted by Crippen LogP contribution is 2.35. The van der Waals surface area contributed by atoms with E-state index in [1.165, 1.54) is 43.4 Å². The minimum atomic E-state index is 0.00186. The van der Waals surface area contributed by atoms with Crippen LogP contribution in [-0.2, 0) is 0 Å². The number of carbonyl (C=O) groups is 1. The maximum absolute atomic E-state index is 12.2. The summed E-state index contributed by atoms with van der Waals surface area (Å²) in [5, 5.41) is 11.8. The Hall–Kier alpha value is -1.31. The van der Waals surface area contributed by atoms with Crippen molar-refractivity contribution >= 4 is 17.2 Å². The number of thiophene rings is 1. The molecule has 0 spiro atoms. The van der Waals surface area contributed by atoms with E-state index in [1.54, 1.807) is 0 Å². The van der Waals surface area contributed by atoms with Crippen molar-refractivity contribution in [1.82, 2.24) is 5.32 Å². The molecule has 4 heteroatoms. The predicted molar refractivity (Wildman–Crippen MR) is 86.4 cm³/mol. The summed E-state index contributed by atoms with van der Waals surface area (Å²) in [7, 11) is 0. The number of aliphatic hydroxyl groups is 1. The second-order valence-electron chi connectivity index (χ2n) is 5.99. The van der Waals surface area contributed by atoms with Crippen LogP contribution < -0.4 is 5.32 Å². The molecule has 0 radical (unpaired) electrons. The van der Waals surface area contributed by atoms with Crippen molar-refractivity contribution in [2.75, 3.05) is 13.2 Å². The van der Waals surface area contributed by atoms with Crippen LogP contribution in [0.4, 0.5) is 0 Å². The van der Waals surface area contributed by atoms with Crippen LogP contribution in [0.25, 0.3) is 0 Å². The zero-order chi connectivity index (χ0) is 15.1. The first kappa shape index (κ1) is 16.1. The van der Waals surface area contributed by atoms with Crippen molar-refractivity contribution in [2.24, 2.45) is 5.41 Å². The standard InChI is InChI=1S/C17H23NO2S/c1-17(10-4-2-5-11-17)13-18-16(20)15-9-8-14(21-15)7-3-6-12-19/h8-9,19H,2,4-6,10-13H2,1H3,(H,18,20). The molecule has 0 aliphatic heterocycles. The molecule has 1 heterocycles. The molecule has 1 saturated carbocycles. The molecular formula is C17H23NO2S. The van der Waals surface area contributed by atoms with Crippen molar-refractivity contribution in [2.45, 2.75) is 45.4 Å². The predicted octanol–water partition coefficient (Wildman–Crippen LogP) is 3.18. The summed E-state index contributed by atoms with van der Waals surface area (Å²) in [6.45, 7) is 3.10. The van der Waals surface area contributed by atoms with E-state index in [4.69, 9.17) is 5.11 Å². The van der Waals surface area contributed by atoms with E-state index in [0.717, 1.165) is 11.4 Å². The van der Waals surface area contributed by atoms with Crippen LogP contribution in [0.3, 0.4) is 0 Å². The van der Waals surface area contributed by atoms with Crippen molar-refractivity contribution in [3.63, 3.8) is 0 Å². The Kier molecular flexibility index (Phi) is 5.84. The summed E-state index contributed by atoms with van der Waals surface area (Å²) in [6.07, 6.45) is 6.75. The van der Waals surface area contributed by atoms with Crippen molar-refractivity contribution in [1.29, 1.82) is 0 Å². The lowest BCUT2D eigenvalue weighted by Gasteiger charge is -2.33. The first-order valence-electron chi connectivity index (χ1n) is 7.61. The molecule has 0 unspecified atom stereocenters. The Morgan fingerprint density at radius 1 is 1.38 bits per heavy atom. The number of nitrogens with one attached hydrogen (secondary N) is 1. The molecule has 2 rings (SSSR count). The Morgan fingerprint density at radius 2 is 2.14 bits per heavy atom. The second-order valence-corrected chi connectivity index (χ2v) is 7.08. The number of hydrogen-bond acceptors (Lipinski definition) is 3. The maximum atomic E-state index is 12.2. The summed E-state index contributed by atoms with van der Waals surface area (Å²) >= 11 is 1.41. The minimum absolute atomic E-state index is 0.00186. The molecule has 0 bridgehead atoms. The fourth-order valence-corrected chi connectivity index (χ4v) is 3.49. The van der Waals surface area contributed by atoms with E-state index in [-0.39, 0.29) is 17.9 Å². The van der Waals surface area contributed by atoms with Gasteiger partial charge in [-0.25, -0.2) is 0 Å². The third-order valence-electron chi connectivity index (χ3n) is 4.01. The average Bonchev–Trinajstić information content (AvgIpc) is 2.95. The van der Waals surface area contributed by atoms with Crippen LogP contribution >= 0.6 is 11.3 Å². The van der Waals surface area contributed by atoms with Gasteiger partial charge >= 0.3 is 0 Å². The SMILES string of the molecule is CC1(CNC(=O)c2ccc(C#CCCO)s2)CCCCC1. The first-order valence-corrected chi connectivity index (χ1v) is 8.42. The lowest BCUT2D eigenvalue weighted by atomic mass is 9.76. The van der Waals surface area contributed by atoms with Gasteiger partial charge < -0.3 is 10.4 Å². The number of rotatable bonds is 4. The largest absolute Gasteiger partial charge is 0.395 e. The molecule has 3 nitrogen and oxygen atoms in total. The van der Waals surface area contributed by atoms with Crippen molar-refractivity contribution in [3.05, 3.63) is 21.9 Å². The molecule has 0 atom stereocenters. The van der Waals surface area contributed by atoms with Crippen molar-refractivity contribution < 1.29 is 9.90 Å². The van der Waals surface area contributed by atoms with Gasteiger partial charge in [-0.1, -0.05) is 38.0 Å². The molecule has 0 aromatic carbocycles. The molecule has 1 amide bonds. The molecule has 0 saturated heterocycles. The van der Waals surface area contributed by atoms with E-state index in [1.807, 2.05) is 12.1 Å². The van der Waals surface area contributed by atoms with Gasteiger partial charge in [0.25, 0.3) is 5.91 Å². The average molecular weight is 305 g/mol. The van der Waals surface area contributed by atoms with E-state index in [0.29, 0.717) is 11.3 Å². The molecule has 1 aliphatic rings. The van der Waals surface area contributed by atoms with E-state index in [2.05, 4.69) is 24.1 Å². The van der Waals surface area contributed by atoms with Gasteiger partial charge in [0.15, 0.2) is 0 Å². The Morgan fingerprint density at radius 3 is 2.86 bits per heavy atom. The third kappa shape index (κ3) is 4.87. The van der Waals surface area contributed by atoms with Gasteiger partial charge in [-0.3, -0.25) is 4.79 Å². The zero-order valence-electron chi connectivity index (χ0n) is 12.6. The molecule has 1 aromatic heterocycles. The molecule has 114 valence electrons. The number of hydrogen-bond donors (Lipinski definition) is 2. The highest BCUT2D eigenvalue weighted by Gasteiger charge is 2.27. The second kappa shape index (κ2) is 7.63. The zero-order valence-corrected chi connectivity index (χ0v) is 13.4. The van der Waals surface area contributed by atoms with Crippen LogP contribution in [0, 0.1) is 17.3 Å². The van der Waals surface area contributed by atoms with E-state index < -0.39 is 0 Å². The maximum Gasteiger partial charge on any atom is 0.261 e. The van der Waals surface area contributed by atoms with E-state index in [9.17, 15) is 4.79 Å². The molecule has 1 aliphatic carbocycles. The molecule has 2 N–H and O–H groups in total. The van der Waals surface area contributed by atoms with Crippen LogP contribution in [0.2, 0.25) is 0 Å². The Bertz CT molecular complexity index is 532.